The van der Waals surface area contributed by atoms with Gasteiger partial charge in [0.15, 0.2) is 0 Å². The van der Waals surface area contributed by atoms with Gasteiger partial charge in [0.05, 0.1) is 12.0 Å². The second-order valence-corrected chi connectivity index (χ2v) is 5.16. The number of carbonyl (C=O) groups is 2. The highest BCUT2D eigenvalue weighted by Crippen LogP contribution is 2.39. The lowest BCUT2D eigenvalue weighted by atomic mass is 9.71. The lowest BCUT2D eigenvalue weighted by molar-refractivity contribution is -0.155. The number of nitrogens with one attached hydrogen (secondary N) is 1. The lowest BCUT2D eigenvalue weighted by Gasteiger charge is -2.32. The summed E-state index contributed by atoms with van der Waals surface area (Å²) < 4.78 is 49.2. The Labute approximate surface area is 113 Å². The van der Waals surface area contributed by atoms with Crippen molar-refractivity contribution < 1.29 is 32.3 Å². The van der Waals surface area contributed by atoms with Gasteiger partial charge in [0, 0.05) is 6.42 Å². The van der Waals surface area contributed by atoms with Gasteiger partial charge in [-0.2, -0.15) is 8.78 Å². The normalized spacial score (nSPS) is 18.9. The number of halogens is 4. The Morgan fingerprint density at radius 2 is 1.75 bits per heavy atom. The van der Waals surface area contributed by atoms with Crippen molar-refractivity contribution in [2.75, 3.05) is 6.54 Å². The van der Waals surface area contributed by atoms with Crippen LogP contribution in [0.15, 0.2) is 0 Å². The maximum Gasteiger partial charge on any atom is 0.324 e. The summed E-state index contributed by atoms with van der Waals surface area (Å²) in [5, 5.41) is 10.9. The van der Waals surface area contributed by atoms with Crippen LogP contribution in [0.4, 0.5) is 17.6 Å². The molecule has 8 heteroatoms. The van der Waals surface area contributed by atoms with Crippen LogP contribution in [0.5, 0.6) is 0 Å². The van der Waals surface area contributed by atoms with Gasteiger partial charge in [-0.15, -0.1) is 0 Å². The smallest absolute Gasteiger partial charge is 0.324 e. The SMILES string of the molecule is O=C(CC1(C(=O)O)CCCCC1)NCC(F)(F)C(F)F. The van der Waals surface area contributed by atoms with Gasteiger partial charge in [-0.1, -0.05) is 19.3 Å². The maximum absolute atomic E-state index is 12.7. The van der Waals surface area contributed by atoms with E-state index in [2.05, 4.69) is 0 Å². The quantitative estimate of drug-likeness (QED) is 0.740. The van der Waals surface area contributed by atoms with Crippen LogP contribution < -0.4 is 5.32 Å². The third-order valence-electron chi connectivity index (χ3n) is 3.60. The molecule has 0 aromatic rings. The van der Waals surface area contributed by atoms with Crippen molar-refractivity contribution in [2.24, 2.45) is 5.41 Å². The van der Waals surface area contributed by atoms with Crippen LogP contribution in [-0.2, 0) is 9.59 Å². The van der Waals surface area contributed by atoms with E-state index in [1.807, 2.05) is 0 Å². The average molecular weight is 299 g/mol. The predicted molar refractivity (Wildman–Crippen MR) is 61.7 cm³/mol. The van der Waals surface area contributed by atoms with Crippen LogP contribution in [0.2, 0.25) is 0 Å². The highest BCUT2D eigenvalue weighted by atomic mass is 19.3. The van der Waals surface area contributed by atoms with E-state index < -0.39 is 42.6 Å². The van der Waals surface area contributed by atoms with Gasteiger partial charge in [0.25, 0.3) is 0 Å². The monoisotopic (exact) mass is 299 g/mol. The summed E-state index contributed by atoms with van der Waals surface area (Å²) in [4.78, 5) is 22.8. The molecule has 0 spiro atoms. The Bertz CT molecular complexity index is 368. The molecule has 0 saturated heterocycles. The molecule has 1 fully saturated rings. The summed E-state index contributed by atoms with van der Waals surface area (Å²) in [6, 6.07) is 0. The highest BCUT2D eigenvalue weighted by molar-refractivity contribution is 5.85. The lowest BCUT2D eigenvalue weighted by Crippen LogP contribution is -2.44. The van der Waals surface area contributed by atoms with Crippen molar-refractivity contribution in [2.45, 2.75) is 50.9 Å². The summed E-state index contributed by atoms with van der Waals surface area (Å²) in [6.45, 7) is -1.49. The zero-order chi connectivity index (χ0) is 15.4. The number of carboxylic acid groups (broad SMARTS) is 1. The molecule has 0 atom stereocenters. The van der Waals surface area contributed by atoms with Crippen LogP contribution >= 0.6 is 0 Å². The molecule has 2 N–H and O–H groups in total. The Balaban J connectivity index is 2.57. The number of rotatable bonds is 6. The van der Waals surface area contributed by atoms with E-state index in [0.717, 1.165) is 6.42 Å². The second-order valence-electron chi connectivity index (χ2n) is 5.16. The van der Waals surface area contributed by atoms with Gasteiger partial charge in [-0.25, -0.2) is 8.78 Å². The predicted octanol–water partition coefficient (Wildman–Crippen LogP) is 2.43. The van der Waals surface area contributed by atoms with Gasteiger partial charge in [-0.3, -0.25) is 9.59 Å². The zero-order valence-corrected chi connectivity index (χ0v) is 10.8. The van der Waals surface area contributed by atoms with Crippen LogP contribution in [-0.4, -0.2) is 35.9 Å². The topological polar surface area (TPSA) is 66.4 Å². The van der Waals surface area contributed by atoms with Crippen molar-refractivity contribution in [3.05, 3.63) is 0 Å². The summed E-state index contributed by atoms with van der Waals surface area (Å²) >= 11 is 0. The van der Waals surface area contributed by atoms with Gasteiger partial charge in [0.2, 0.25) is 5.91 Å². The molecular formula is C12H17F4NO3. The molecule has 20 heavy (non-hydrogen) atoms. The molecule has 1 saturated carbocycles. The van der Waals surface area contributed by atoms with E-state index in [0.29, 0.717) is 25.7 Å². The third-order valence-corrected chi connectivity index (χ3v) is 3.60. The molecule has 1 amide bonds. The minimum Gasteiger partial charge on any atom is -0.481 e. The van der Waals surface area contributed by atoms with E-state index >= 15 is 0 Å². The molecule has 0 heterocycles. The first kappa shape index (κ1) is 16.7. The first-order valence-electron chi connectivity index (χ1n) is 6.36. The van der Waals surface area contributed by atoms with Crippen molar-refractivity contribution in [3.8, 4) is 0 Å². The largest absolute Gasteiger partial charge is 0.481 e. The third kappa shape index (κ3) is 4.08. The van der Waals surface area contributed by atoms with Gasteiger partial charge >= 0.3 is 18.3 Å². The summed E-state index contributed by atoms with van der Waals surface area (Å²) in [5.41, 5.74) is -1.26. The van der Waals surface area contributed by atoms with E-state index in [1.54, 1.807) is 5.32 Å². The number of carbonyl (C=O) groups excluding carboxylic acids is 1. The second kappa shape index (κ2) is 6.41. The molecule has 0 radical (unpaired) electrons. The Morgan fingerprint density at radius 3 is 2.20 bits per heavy atom. The standard InChI is InChI=1S/C12H17F4NO3/c13-9(14)12(15,16)7-17-8(18)6-11(10(19)20)4-2-1-3-5-11/h9H,1-7H2,(H,17,18)(H,19,20). The van der Waals surface area contributed by atoms with Crippen molar-refractivity contribution in [1.29, 1.82) is 0 Å². The molecule has 0 bridgehead atoms. The van der Waals surface area contributed by atoms with Crippen LogP contribution in [0.25, 0.3) is 0 Å². The van der Waals surface area contributed by atoms with E-state index in [4.69, 9.17) is 0 Å². The van der Waals surface area contributed by atoms with Gasteiger partial charge in [0.1, 0.15) is 0 Å². The molecule has 0 unspecified atom stereocenters. The Morgan fingerprint density at radius 1 is 1.20 bits per heavy atom. The number of hydrogen-bond donors (Lipinski definition) is 2. The molecule has 4 nitrogen and oxygen atoms in total. The number of amides is 1. The van der Waals surface area contributed by atoms with Crippen molar-refractivity contribution in [3.63, 3.8) is 0 Å². The fraction of sp³-hybridized carbons (Fsp3) is 0.833. The zero-order valence-electron chi connectivity index (χ0n) is 10.8. The first-order chi connectivity index (χ1) is 9.19. The fourth-order valence-corrected chi connectivity index (χ4v) is 2.36. The molecule has 1 aliphatic carbocycles. The van der Waals surface area contributed by atoms with Crippen LogP contribution in [0, 0.1) is 5.41 Å². The molecular weight excluding hydrogens is 282 g/mol. The van der Waals surface area contributed by atoms with Crippen LogP contribution in [0.3, 0.4) is 0 Å². The number of hydrogen-bond acceptors (Lipinski definition) is 2. The maximum atomic E-state index is 12.7. The van der Waals surface area contributed by atoms with Gasteiger partial charge < -0.3 is 10.4 Å². The molecule has 0 aliphatic heterocycles. The molecule has 1 rings (SSSR count). The molecule has 116 valence electrons. The van der Waals surface area contributed by atoms with E-state index in [9.17, 15) is 32.3 Å². The minimum atomic E-state index is -4.31. The summed E-state index contributed by atoms with van der Waals surface area (Å²) in [5.74, 6) is -6.39. The van der Waals surface area contributed by atoms with Crippen molar-refractivity contribution in [1.82, 2.24) is 5.32 Å². The van der Waals surface area contributed by atoms with Crippen molar-refractivity contribution >= 4 is 11.9 Å². The Hall–Kier alpha value is -1.34. The number of alkyl halides is 4. The van der Waals surface area contributed by atoms with E-state index in [1.165, 1.54) is 0 Å². The Kier molecular flexibility index (Phi) is 5.35. The molecule has 1 aliphatic rings. The minimum absolute atomic E-state index is 0.293. The first-order valence-corrected chi connectivity index (χ1v) is 6.36. The number of carboxylic acids is 1. The summed E-state index contributed by atoms with van der Waals surface area (Å²) in [6.07, 6.45) is -1.59. The van der Waals surface area contributed by atoms with Gasteiger partial charge in [-0.05, 0) is 12.8 Å². The highest BCUT2D eigenvalue weighted by Gasteiger charge is 2.44. The molecule has 0 aromatic heterocycles. The summed E-state index contributed by atoms with van der Waals surface area (Å²) in [7, 11) is 0. The molecule has 0 aromatic carbocycles. The number of aliphatic carboxylic acids is 1. The fourth-order valence-electron chi connectivity index (χ4n) is 2.36. The van der Waals surface area contributed by atoms with E-state index in [-0.39, 0.29) is 0 Å². The average Bonchev–Trinajstić information content (AvgIpc) is 2.37. The van der Waals surface area contributed by atoms with Crippen LogP contribution in [0.1, 0.15) is 38.5 Å².